The highest BCUT2D eigenvalue weighted by Gasteiger charge is 2.31. The maximum absolute atomic E-state index is 13.2. The van der Waals surface area contributed by atoms with Gasteiger partial charge in [0.15, 0.2) is 0 Å². The Morgan fingerprint density at radius 1 is 0.955 bits per heavy atom. The first kappa shape index (κ1) is 15.5. The normalized spacial score (nSPS) is 23.7. The maximum atomic E-state index is 13.2. The highest BCUT2D eigenvalue weighted by molar-refractivity contribution is 5.95. The van der Waals surface area contributed by atoms with E-state index in [9.17, 15) is 4.79 Å². The second-order valence-electron chi connectivity index (χ2n) is 6.73. The van der Waals surface area contributed by atoms with Crippen LogP contribution in [0.5, 0.6) is 0 Å². The Morgan fingerprint density at radius 2 is 1.68 bits per heavy atom. The minimum atomic E-state index is 0.150. The number of anilines is 1. The van der Waals surface area contributed by atoms with Gasteiger partial charge in [-0.2, -0.15) is 0 Å². The van der Waals surface area contributed by atoms with E-state index in [1.54, 1.807) is 0 Å². The molecular weight excluding hydrogens is 272 g/mol. The van der Waals surface area contributed by atoms with Gasteiger partial charge in [-0.1, -0.05) is 43.9 Å². The monoisotopic (exact) mass is 300 g/mol. The molecule has 1 amide bonds. The Bertz CT molecular complexity index is 460. The Kier molecular flexibility index (Phi) is 5.49. The van der Waals surface area contributed by atoms with Gasteiger partial charge < -0.3 is 10.2 Å². The van der Waals surface area contributed by atoms with Crippen molar-refractivity contribution in [3.05, 3.63) is 30.3 Å². The zero-order chi connectivity index (χ0) is 15.2. The number of hydrogen-bond acceptors (Lipinski definition) is 2. The van der Waals surface area contributed by atoms with E-state index in [0.29, 0.717) is 11.9 Å². The highest BCUT2D eigenvalue weighted by Crippen LogP contribution is 2.29. The SMILES string of the molecule is O=C([C@H]1CCCNC1)N(c1ccccc1)C1CCCCCC1. The third-order valence-corrected chi connectivity index (χ3v) is 5.11. The molecule has 120 valence electrons. The first-order chi connectivity index (χ1) is 10.9. The van der Waals surface area contributed by atoms with E-state index in [1.807, 2.05) is 18.2 Å². The largest absolute Gasteiger partial charge is 0.316 e. The van der Waals surface area contributed by atoms with E-state index in [1.165, 1.54) is 25.7 Å². The van der Waals surface area contributed by atoms with Gasteiger partial charge in [-0.25, -0.2) is 0 Å². The molecule has 1 aliphatic heterocycles. The minimum Gasteiger partial charge on any atom is -0.316 e. The van der Waals surface area contributed by atoms with Crippen LogP contribution in [0.2, 0.25) is 0 Å². The topological polar surface area (TPSA) is 32.3 Å². The smallest absolute Gasteiger partial charge is 0.231 e. The summed E-state index contributed by atoms with van der Waals surface area (Å²) in [5.74, 6) is 0.488. The summed E-state index contributed by atoms with van der Waals surface area (Å²) in [6, 6.07) is 10.7. The molecule has 0 spiro atoms. The van der Waals surface area contributed by atoms with Crippen molar-refractivity contribution in [2.24, 2.45) is 5.92 Å². The third-order valence-electron chi connectivity index (χ3n) is 5.11. The van der Waals surface area contributed by atoms with Crippen LogP contribution < -0.4 is 10.2 Å². The van der Waals surface area contributed by atoms with Gasteiger partial charge in [0, 0.05) is 18.3 Å². The van der Waals surface area contributed by atoms with Crippen LogP contribution in [0.3, 0.4) is 0 Å². The minimum absolute atomic E-state index is 0.150. The van der Waals surface area contributed by atoms with Crippen molar-refractivity contribution in [3.8, 4) is 0 Å². The fourth-order valence-corrected chi connectivity index (χ4v) is 3.88. The summed E-state index contributed by atoms with van der Waals surface area (Å²) in [7, 11) is 0. The predicted molar refractivity (Wildman–Crippen MR) is 91.0 cm³/mol. The molecule has 1 aliphatic carbocycles. The fourth-order valence-electron chi connectivity index (χ4n) is 3.88. The van der Waals surface area contributed by atoms with Gasteiger partial charge in [0.2, 0.25) is 5.91 Å². The molecule has 1 heterocycles. The van der Waals surface area contributed by atoms with Gasteiger partial charge in [0.05, 0.1) is 5.92 Å². The number of benzene rings is 1. The fraction of sp³-hybridized carbons (Fsp3) is 0.632. The molecule has 0 aromatic heterocycles. The van der Waals surface area contributed by atoms with Crippen molar-refractivity contribution in [3.63, 3.8) is 0 Å². The summed E-state index contributed by atoms with van der Waals surface area (Å²) in [5, 5.41) is 3.39. The van der Waals surface area contributed by atoms with Crippen molar-refractivity contribution in [2.45, 2.75) is 57.4 Å². The number of nitrogens with one attached hydrogen (secondary N) is 1. The molecule has 22 heavy (non-hydrogen) atoms. The quantitative estimate of drug-likeness (QED) is 0.862. The number of piperidine rings is 1. The van der Waals surface area contributed by atoms with Crippen molar-refractivity contribution >= 4 is 11.6 Å². The molecular formula is C19H28N2O. The first-order valence-electron chi connectivity index (χ1n) is 8.95. The molecule has 0 unspecified atom stereocenters. The molecule has 1 aromatic carbocycles. The van der Waals surface area contributed by atoms with Gasteiger partial charge in [0.1, 0.15) is 0 Å². The Labute approximate surface area is 134 Å². The molecule has 3 rings (SSSR count). The van der Waals surface area contributed by atoms with Crippen LogP contribution in [0.1, 0.15) is 51.4 Å². The molecule has 1 saturated heterocycles. The molecule has 1 saturated carbocycles. The number of carbonyl (C=O) groups is 1. The molecule has 0 radical (unpaired) electrons. The van der Waals surface area contributed by atoms with Crippen molar-refractivity contribution in [2.75, 3.05) is 18.0 Å². The summed E-state index contributed by atoms with van der Waals surface area (Å²) in [6.45, 7) is 1.90. The Hall–Kier alpha value is -1.35. The van der Waals surface area contributed by atoms with Crippen LogP contribution in [0.25, 0.3) is 0 Å². The Balaban J connectivity index is 1.83. The van der Waals surface area contributed by atoms with Gasteiger partial charge in [0.25, 0.3) is 0 Å². The zero-order valence-corrected chi connectivity index (χ0v) is 13.5. The summed E-state index contributed by atoms with van der Waals surface area (Å²) < 4.78 is 0. The van der Waals surface area contributed by atoms with Crippen molar-refractivity contribution in [1.29, 1.82) is 0 Å². The third kappa shape index (κ3) is 3.70. The Morgan fingerprint density at radius 3 is 2.32 bits per heavy atom. The number of para-hydroxylation sites is 1. The predicted octanol–water partition coefficient (Wildman–Crippen LogP) is 3.74. The van der Waals surface area contributed by atoms with Gasteiger partial charge in [-0.05, 0) is 44.4 Å². The molecule has 2 fully saturated rings. The summed E-state index contributed by atoms with van der Waals surface area (Å²) >= 11 is 0. The van der Waals surface area contributed by atoms with Crippen molar-refractivity contribution < 1.29 is 4.79 Å². The lowest BCUT2D eigenvalue weighted by Gasteiger charge is -2.35. The van der Waals surface area contributed by atoms with E-state index in [0.717, 1.165) is 44.5 Å². The number of nitrogens with zero attached hydrogens (tertiary/aromatic N) is 1. The average Bonchev–Trinajstić information content (AvgIpc) is 2.86. The van der Waals surface area contributed by atoms with E-state index < -0.39 is 0 Å². The van der Waals surface area contributed by atoms with Crippen LogP contribution in [-0.2, 0) is 4.79 Å². The maximum Gasteiger partial charge on any atom is 0.231 e. The average molecular weight is 300 g/mol. The van der Waals surface area contributed by atoms with Crippen LogP contribution in [0.4, 0.5) is 5.69 Å². The second kappa shape index (κ2) is 7.77. The van der Waals surface area contributed by atoms with Crippen LogP contribution in [0, 0.1) is 5.92 Å². The number of amides is 1. The summed E-state index contributed by atoms with van der Waals surface area (Å²) in [5.41, 5.74) is 1.09. The zero-order valence-electron chi connectivity index (χ0n) is 13.5. The summed E-state index contributed by atoms with van der Waals surface area (Å²) in [6.07, 6.45) is 9.60. The van der Waals surface area contributed by atoms with E-state index >= 15 is 0 Å². The highest BCUT2D eigenvalue weighted by atomic mass is 16.2. The van der Waals surface area contributed by atoms with E-state index in [2.05, 4.69) is 22.3 Å². The molecule has 2 aliphatic rings. The van der Waals surface area contributed by atoms with Crippen LogP contribution in [-0.4, -0.2) is 25.0 Å². The number of hydrogen-bond donors (Lipinski definition) is 1. The lowest BCUT2D eigenvalue weighted by molar-refractivity contribution is -0.123. The molecule has 1 aromatic rings. The van der Waals surface area contributed by atoms with E-state index in [-0.39, 0.29) is 5.92 Å². The van der Waals surface area contributed by atoms with Crippen LogP contribution >= 0.6 is 0 Å². The van der Waals surface area contributed by atoms with Crippen LogP contribution in [0.15, 0.2) is 30.3 Å². The standard InChI is InChI=1S/C19H28N2O/c22-19(16-9-8-14-20-15-16)21(18-12-6-3-7-13-18)17-10-4-1-2-5-11-17/h3,6-7,12-13,16-17,20H,1-2,4-5,8-11,14-15H2/t16-/m0/s1. The summed E-state index contributed by atoms with van der Waals surface area (Å²) in [4.78, 5) is 15.3. The van der Waals surface area contributed by atoms with Crippen molar-refractivity contribution in [1.82, 2.24) is 5.32 Å². The van der Waals surface area contributed by atoms with Gasteiger partial charge in [-0.15, -0.1) is 0 Å². The lowest BCUT2D eigenvalue weighted by atomic mass is 9.95. The van der Waals surface area contributed by atoms with E-state index in [4.69, 9.17) is 0 Å². The molecule has 1 N–H and O–H groups in total. The first-order valence-corrected chi connectivity index (χ1v) is 8.95. The molecule has 1 atom stereocenters. The lowest BCUT2D eigenvalue weighted by Crippen LogP contribution is -2.47. The number of rotatable bonds is 3. The van der Waals surface area contributed by atoms with Gasteiger partial charge >= 0.3 is 0 Å². The molecule has 0 bridgehead atoms. The van der Waals surface area contributed by atoms with Gasteiger partial charge in [-0.3, -0.25) is 4.79 Å². The molecule has 3 heteroatoms. The number of carbonyl (C=O) groups excluding carboxylic acids is 1. The second-order valence-corrected chi connectivity index (χ2v) is 6.73. The molecule has 3 nitrogen and oxygen atoms in total.